The van der Waals surface area contributed by atoms with E-state index < -0.39 is 18.0 Å². The lowest BCUT2D eigenvalue weighted by molar-refractivity contribution is -0.136. The molecule has 2 aromatic rings. The maximum atomic E-state index is 13.1. The molecule has 0 bridgehead atoms. The summed E-state index contributed by atoms with van der Waals surface area (Å²) < 4.78 is 11.0. The first-order chi connectivity index (χ1) is 15.6. The molecule has 0 fully saturated rings. The maximum Gasteiger partial charge on any atom is 0.338 e. The molecule has 0 saturated carbocycles. The van der Waals surface area contributed by atoms with Crippen LogP contribution in [0.4, 0.5) is 10.5 Å². The summed E-state index contributed by atoms with van der Waals surface area (Å²) in [5.74, 6) is -0.116. The predicted octanol–water partition coefficient (Wildman–Crippen LogP) is 2.55. The number of anilines is 1. The molecule has 8 heteroatoms. The van der Waals surface area contributed by atoms with E-state index in [0.717, 1.165) is 17.7 Å². The van der Waals surface area contributed by atoms with E-state index in [1.165, 1.54) is 4.90 Å². The second-order valence-electron chi connectivity index (χ2n) is 7.80. The molecule has 0 spiro atoms. The van der Waals surface area contributed by atoms with Crippen molar-refractivity contribution >= 4 is 23.6 Å². The number of urea groups is 1. The number of benzene rings is 2. The number of carbonyl (C=O) groups excluding carboxylic acids is 3. The third kappa shape index (κ3) is 3.28. The summed E-state index contributed by atoms with van der Waals surface area (Å²) >= 11 is 0. The minimum atomic E-state index is -0.700. The van der Waals surface area contributed by atoms with Crippen molar-refractivity contribution in [3.05, 3.63) is 70.9 Å². The van der Waals surface area contributed by atoms with Gasteiger partial charge in [0.1, 0.15) is 18.9 Å². The Labute approximate surface area is 185 Å². The zero-order valence-corrected chi connectivity index (χ0v) is 17.7. The van der Waals surface area contributed by atoms with Gasteiger partial charge in [-0.15, -0.1) is 0 Å². The molecular weight excluding hydrogens is 410 g/mol. The standard InChI is InChI=1S/C24H23N3O5/c1-2-31-19-10-6-4-8-16(19)22-21-18(14-32-23(21)29)27(24(30)25-22)13-20(28)26-12-11-15-7-3-5-9-17(15)26/h3-10,22H,2,11-14H2,1H3,(H,25,30)/t22-/m0/s1. The quantitative estimate of drug-likeness (QED) is 0.733. The first-order valence-corrected chi connectivity index (χ1v) is 10.7. The van der Waals surface area contributed by atoms with Crippen LogP contribution in [0.25, 0.3) is 0 Å². The van der Waals surface area contributed by atoms with Crippen molar-refractivity contribution in [3.8, 4) is 5.75 Å². The number of carbonyl (C=O) groups is 3. The summed E-state index contributed by atoms with van der Waals surface area (Å²) in [5, 5.41) is 2.88. The van der Waals surface area contributed by atoms with E-state index in [4.69, 9.17) is 9.47 Å². The first-order valence-electron chi connectivity index (χ1n) is 10.7. The van der Waals surface area contributed by atoms with Gasteiger partial charge in [0.25, 0.3) is 0 Å². The normalized spacial score (nSPS) is 19.5. The summed E-state index contributed by atoms with van der Waals surface area (Å²) in [6, 6.07) is 13.9. The molecule has 0 radical (unpaired) electrons. The van der Waals surface area contributed by atoms with Gasteiger partial charge < -0.3 is 19.7 Å². The van der Waals surface area contributed by atoms with Crippen LogP contribution in [0.3, 0.4) is 0 Å². The number of para-hydroxylation sites is 2. The molecule has 3 aliphatic rings. The fourth-order valence-electron chi connectivity index (χ4n) is 4.54. The fraction of sp³-hybridized carbons (Fsp3) is 0.292. The average molecular weight is 433 g/mol. The molecule has 2 aromatic carbocycles. The summed E-state index contributed by atoms with van der Waals surface area (Å²) in [5.41, 5.74) is 3.41. The number of esters is 1. The molecule has 1 N–H and O–H groups in total. The molecule has 0 unspecified atom stereocenters. The Morgan fingerprint density at radius 1 is 1.16 bits per heavy atom. The van der Waals surface area contributed by atoms with Crippen LogP contribution in [-0.2, 0) is 20.7 Å². The van der Waals surface area contributed by atoms with E-state index in [0.29, 0.717) is 35.7 Å². The number of nitrogens with one attached hydrogen (secondary N) is 1. The van der Waals surface area contributed by atoms with Crippen LogP contribution >= 0.6 is 0 Å². The Bertz CT molecular complexity index is 1140. The summed E-state index contributed by atoms with van der Waals surface area (Å²) in [7, 11) is 0. The van der Waals surface area contributed by atoms with Gasteiger partial charge in [-0.3, -0.25) is 9.69 Å². The largest absolute Gasteiger partial charge is 0.494 e. The van der Waals surface area contributed by atoms with Crippen molar-refractivity contribution in [2.45, 2.75) is 19.4 Å². The topological polar surface area (TPSA) is 88.2 Å². The minimum absolute atomic E-state index is 0.0429. The van der Waals surface area contributed by atoms with Crippen molar-refractivity contribution in [1.29, 1.82) is 0 Å². The minimum Gasteiger partial charge on any atom is -0.494 e. The van der Waals surface area contributed by atoms with Gasteiger partial charge in [0.05, 0.1) is 23.9 Å². The van der Waals surface area contributed by atoms with Crippen LogP contribution < -0.4 is 15.0 Å². The molecule has 3 heterocycles. The van der Waals surface area contributed by atoms with Gasteiger partial charge >= 0.3 is 12.0 Å². The highest BCUT2D eigenvalue weighted by atomic mass is 16.5. The molecule has 164 valence electrons. The zero-order valence-electron chi connectivity index (χ0n) is 17.7. The van der Waals surface area contributed by atoms with Crippen LogP contribution in [-0.4, -0.2) is 49.1 Å². The molecule has 3 aliphatic heterocycles. The lowest BCUT2D eigenvalue weighted by Crippen LogP contribution is -2.51. The smallest absolute Gasteiger partial charge is 0.338 e. The van der Waals surface area contributed by atoms with E-state index in [-0.39, 0.29) is 19.1 Å². The van der Waals surface area contributed by atoms with E-state index in [1.54, 1.807) is 11.0 Å². The third-order valence-corrected chi connectivity index (χ3v) is 6.01. The molecular formula is C24H23N3O5. The Morgan fingerprint density at radius 2 is 1.94 bits per heavy atom. The Morgan fingerprint density at radius 3 is 2.78 bits per heavy atom. The van der Waals surface area contributed by atoms with Gasteiger partial charge in [0.2, 0.25) is 5.91 Å². The number of nitrogens with zero attached hydrogens (tertiary/aromatic N) is 2. The monoisotopic (exact) mass is 433 g/mol. The second-order valence-corrected chi connectivity index (χ2v) is 7.80. The van der Waals surface area contributed by atoms with Crippen molar-refractivity contribution in [3.63, 3.8) is 0 Å². The molecule has 1 atom stereocenters. The number of fused-ring (bicyclic) bond motifs is 1. The summed E-state index contributed by atoms with van der Waals surface area (Å²) in [4.78, 5) is 41.9. The molecule has 0 saturated heterocycles. The third-order valence-electron chi connectivity index (χ3n) is 6.01. The highest BCUT2D eigenvalue weighted by Gasteiger charge is 2.44. The average Bonchev–Trinajstić information content (AvgIpc) is 3.40. The molecule has 5 rings (SSSR count). The molecule has 3 amide bonds. The van der Waals surface area contributed by atoms with E-state index >= 15 is 0 Å². The number of hydrogen-bond acceptors (Lipinski definition) is 5. The van der Waals surface area contributed by atoms with Crippen molar-refractivity contribution in [2.75, 3.05) is 31.2 Å². The zero-order chi connectivity index (χ0) is 22.2. The molecule has 0 aromatic heterocycles. The van der Waals surface area contributed by atoms with Gasteiger partial charge in [-0.05, 0) is 31.0 Å². The van der Waals surface area contributed by atoms with E-state index in [2.05, 4.69) is 5.32 Å². The van der Waals surface area contributed by atoms with Gasteiger partial charge in [-0.2, -0.15) is 0 Å². The molecule has 0 aliphatic carbocycles. The van der Waals surface area contributed by atoms with Gasteiger partial charge in [0.15, 0.2) is 0 Å². The van der Waals surface area contributed by atoms with Crippen molar-refractivity contribution in [2.24, 2.45) is 0 Å². The van der Waals surface area contributed by atoms with Crippen molar-refractivity contribution in [1.82, 2.24) is 10.2 Å². The van der Waals surface area contributed by atoms with Crippen LogP contribution in [0.2, 0.25) is 0 Å². The van der Waals surface area contributed by atoms with E-state index in [1.807, 2.05) is 49.4 Å². The highest BCUT2D eigenvalue weighted by Crippen LogP contribution is 2.38. The number of cyclic esters (lactones) is 1. The van der Waals surface area contributed by atoms with Crippen LogP contribution in [0, 0.1) is 0 Å². The second kappa shape index (κ2) is 8.03. The Kier molecular flexibility index (Phi) is 5.05. The van der Waals surface area contributed by atoms with Gasteiger partial charge in [-0.25, -0.2) is 9.59 Å². The molecule has 8 nitrogen and oxygen atoms in total. The lowest BCUT2D eigenvalue weighted by Gasteiger charge is -2.33. The van der Waals surface area contributed by atoms with Crippen molar-refractivity contribution < 1.29 is 23.9 Å². The Hall–Kier alpha value is -3.81. The lowest BCUT2D eigenvalue weighted by atomic mass is 9.95. The van der Waals surface area contributed by atoms with E-state index in [9.17, 15) is 14.4 Å². The van der Waals surface area contributed by atoms with Gasteiger partial charge in [-0.1, -0.05) is 36.4 Å². The predicted molar refractivity (Wildman–Crippen MR) is 116 cm³/mol. The fourth-order valence-corrected chi connectivity index (χ4v) is 4.54. The number of rotatable bonds is 5. The number of hydrogen-bond donors (Lipinski definition) is 1. The highest BCUT2D eigenvalue weighted by molar-refractivity contribution is 6.01. The summed E-state index contributed by atoms with van der Waals surface area (Å²) in [6.45, 7) is 2.67. The Balaban J connectivity index is 1.46. The number of ether oxygens (including phenoxy) is 2. The van der Waals surface area contributed by atoms with Crippen LogP contribution in [0.5, 0.6) is 5.75 Å². The summed E-state index contributed by atoms with van der Waals surface area (Å²) in [6.07, 6.45) is 0.778. The first kappa shape index (κ1) is 20.1. The maximum absolute atomic E-state index is 13.1. The SMILES string of the molecule is CCOc1ccccc1[C@@H]1NC(=O)N(CC(=O)N2CCc3ccccc32)C2=C1C(=O)OC2. The molecule has 32 heavy (non-hydrogen) atoms. The van der Waals surface area contributed by atoms with Crippen LogP contribution in [0.15, 0.2) is 59.8 Å². The number of amides is 3. The van der Waals surface area contributed by atoms with Gasteiger partial charge in [0, 0.05) is 17.8 Å². The van der Waals surface area contributed by atoms with Crippen LogP contribution in [0.1, 0.15) is 24.1 Å².